The van der Waals surface area contributed by atoms with Crippen molar-refractivity contribution in [3.63, 3.8) is 0 Å². The van der Waals surface area contributed by atoms with E-state index in [-0.39, 0.29) is 6.10 Å². The van der Waals surface area contributed by atoms with Crippen LogP contribution < -0.4 is 9.47 Å². The molecule has 7 nitrogen and oxygen atoms in total. The zero-order chi connectivity index (χ0) is 23.9. The minimum absolute atomic E-state index is 0.0656. The van der Waals surface area contributed by atoms with E-state index in [2.05, 4.69) is 49.9 Å². The van der Waals surface area contributed by atoms with Crippen LogP contribution in [-0.4, -0.2) is 31.7 Å². The average Bonchev–Trinajstić information content (AvgIpc) is 3.40. The van der Waals surface area contributed by atoms with Gasteiger partial charge in [-0.15, -0.1) is 10.2 Å². The number of fused-ring (bicyclic) bond motifs is 1. The highest BCUT2D eigenvalue weighted by Gasteiger charge is 2.09. The van der Waals surface area contributed by atoms with Crippen LogP contribution in [0.25, 0.3) is 23.1 Å². The fraction of sp³-hybridized carbons (Fsp3) is 0.143. The standard InChI is InChI=1S/C28H25N5O2/c1-20(17-28-30-32-33-31-28)35-26-7-4-5-22(18-26)10-9-21-11-15-25(16-12-21)34-19-24-14-13-23-6-2-3-8-27(23)29-24/h2-16,18,20H,17,19H2,1H3,(H,30,31,32,33)/b10-9+. The summed E-state index contributed by atoms with van der Waals surface area (Å²) in [6.45, 7) is 2.41. The van der Waals surface area contributed by atoms with Gasteiger partial charge in [-0.25, -0.2) is 4.98 Å². The molecule has 0 aliphatic carbocycles. The first-order chi connectivity index (χ1) is 17.2. The molecule has 0 radical (unpaired) electrons. The topological polar surface area (TPSA) is 85.8 Å². The number of rotatable bonds is 9. The molecule has 0 bridgehead atoms. The number of aromatic amines is 1. The third-order valence-electron chi connectivity index (χ3n) is 5.45. The van der Waals surface area contributed by atoms with Gasteiger partial charge in [0.1, 0.15) is 24.2 Å². The third kappa shape index (κ3) is 6.09. The highest BCUT2D eigenvalue weighted by molar-refractivity contribution is 5.78. The molecule has 0 spiro atoms. The van der Waals surface area contributed by atoms with Crippen LogP contribution in [0.1, 0.15) is 29.6 Å². The lowest BCUT2D eigenvalue weighted by Gasteiger charge is -2.13. The van der Waals surface area contributed by atoms with Gasteiger partial charge in [0.05, 0.1) is 11.2 Å². The van der Waals surface area contributed by atoms with Gasteiger partial charge in [-0.3, -0.25) is 0 Å². The molecule has 1 N–H and O–H groups in total. The molecule has 3 aromatic carbocycles. The number of para-hydroxylation sites is 1. The number of hydrogen-bond acceptors (Lipinski definition) is 6. The summed E-state index contributed by atoms with van der Waals surface area (Å²) in [7, 11) is 0. The molecule has 2 aromatic heterocycles. The zero-order valence-electron chi connectivity index (χ0n) is 19.3. The first-order valence-corrected chi connectivity index (χ1v) is 11.5. The van der Waals surface area contributed by atoms with Crippen molar-refractivity contribution in [1.82, 2.24) is 25.6 Å². The van der Waals surface area contributed by atoms with Crippen molar-refractivity contribution < 1.29 is 9.47 Å². The van der Waals surface area contributed by atoms with Crippen LogP contribution in [0.2, 0.25) is 0 Å². The highest BCUT2D eigenvalue weighted by atomic mass is 16.5. The molecule has 0 saturated carbocycles. The van der Waals surface area contributed by atoms with E-state index >= 15 is 0 Å². The molecule has 5 aromatic rings. The molecule has 5 rings (SSSR count). The summed E-state index contributed by atoms with van der Waals surface area (Å²) < 4.78 is 11.9. The van der Waals surface area contributed by atoms with Gasteiger partial charge in [-0.2, -0.15) is 5.21 Å². The predicted molar refractivity (Wildman–Crippen MR) is 136 cm³/mol. The highest BCUT2D eigenvalue weighted by Crippen LogP contribution is 2.20. The quantitative estimate of drug-likeness (QED) is 0.290. The Labute approximate surface area is 203 Å². The van der Waals surface area contributed by atoms with E-state index in [0.717, 1.165) is 39.2 Å². The number of ether oxygens (including phenoxy) is 2. The van der Waals surface area contributed by atoms with Crippen LogP contribution in [0.3, 0.4) is 0 Å². The molecule has 1 unspecified atom stereocenters. The minimum Gasteiger partial charge on any atom is -0.490 e. The Kier molecular flexibility index (Phi) is 6.75. The van der Waals surface area contributed by atoms with E-state index in [1.807, 2.05) is 79.7 Å². The molecular formula is C28H25N5O2. The fourth-order valence-electron chi connectivity index (χ4n) is 3.71. The second kappa shape index (κ2) is 10.6. The Morgan fingerprint density at radius 2 is 1.71 bits per heavy atom. The molecule has 0 fully saturated rings. The van der Waals surface area contributed by atoms with E-state index in [0.29, 0.717) is 18.9 Å². The Balaban J connectivity index is 1.16. The summed E-state index contributed by atoms with van der Waals surface area (Å²) in [4.78, 5) is 4.66. The second-order valence-corrected chi connectivity index (χ2v) is 8.22. The van der Waals surface area contributed by atoms with Gasteiger partial charge >= 0.3 is 0 Å². The third-order valence-corrected chi connectivity index (χ3v) is 5.45. The first kappa shape index (κ1) is 22.3. The number of hydrogen-bond donors (Lipinski definition) is 1. The summed E-state index contributed by atoms with van der Waals surface area (Å²) >= 11 is 0. The van der Waals surface area contributed by atoms with Gasteiger partial charge < -0.3 is 9.47 Å². The maximum absolute atomic E-state index is 6.01. The van der Waals surface area contributed by atoms with E-state index in [4.69, 9.17) is 9.47 Å². The molecule has 174 valence electrons. The number of nitrogens with one attached hydrogen (secondary N) is 1. The van der Waals surface area contributed by atoms with Crippen molar-refractivity contribution in [1.29, 1.82) is 0 Å². The fourth-order valence-corrected chi connectivity index (χ4v) is 3.71. The Morgan fingerprint density at radius 3 is 2.57 bits per heavy atom. The normalized spacial score (nSPS) is 12.1. The van der Waals surface area contributed by atoms with Crippen LogP contribution >= 0.6 is 0 Å². The smallest absolute Gasteiger partial charge is 0.178 e. The van der Waals surface area contributed by atoms with Crippen molar-refractivity contribution >= 4 is 23.1 Å². The van der Waals surface area contributed by atoms with Gasteiger partial charge in [-0.05, 0) is 54.4 Å². The predicted octanol–water partition coefficient (Wildman–Crippen LogP) is 5.51. The lowest BCUT2D eigenvalue weighted by atomic mass is 10.1. The van der Waals surface area contributed by atoms with Crippen LogP contribution in [0, 0.1) is 0 Å². The van der Waals surface area contributed by atoms with Crippen molar-refractivity contribution in [2.24, 2.45) is 0 Å². The molecule has 35 heavy (non-hydrogen) atoms. The lowest BCUT2D eigenvalue weighted by molar-refractivity contribution is 0.219. The van der Waals surface area contributed by atoms with Gasteiger partial charge in [0.2, 0.25) is 0 Å². The van der Waals surface area contributed by atoms with Crippen molar-refractivity contribution in [3.8, 4) is 11.5 Å². The molecule has 1 atom stereocenters. The molecule has 0 amide bonds. The van der Waals surface area contributed by atoms with Gasteiger partial charge in [0.25, 0.3) is 0 Å². The molecule has 0 aliphatic rings. The van der Waals surface area contributed by atoms with Crippen LogP contribution in [0.15, 0.2) is 84.9 Å². The van der Waals surface area contributed by atoms with Crippen LogP contribution in [-0.2, 0) is 13.0 Å². The summed E-state index contributed by atoms with van der Waals surface area (Å²) in [5.74, 6) is 2.24. The average molecular weight is 464 g/mol. The second-order valence-electron chi connectivity index (χ2n) is 8.22. The number of H-pyrrole nitrogens is 1. The van der Waals surface area contributed by atoms with Gasteiger partial charge in [0.15, 0.2) is 5.82 Å². The van der Waals surface area contributed by atoms with Crippen molar-refractivity contribution in [2.45, 2.75) is 26.1 Å². The number of benzene rings is 3. The summed E-state index contributed by atoms with van der Waals surface area (Å²) in [5.41, 5.74) is 4.02. The van der Waals surface area contributed by atoms with E-state index in [1.54, 1.807) is 0 Å². The maximum atomic E-state index is 6.01. The number of tetrazole rings is 1. The van der Waals surface area contributed by atoms with Crippen LogP contribution in [0.5, 0.6) is 11.5 Å². The first-order valence-electron chi connectivity index (χ1n) is 11.5. The molecule has 0 saturated heterocycles. The van der Waals surface area contributed by atoms with Crippen molar-refractivity contribution in [3.05, 3.63) is 108 Å². The lowest BCUT2D eigenvalue weighted by Crippen LogP contribution is -2.16. The zero-order valence-corrected chi connectivity index (χ0v) is 19.3. The summed E-state index contributed by atoms with van der Waals surface area (Å²) in [5, 5.41) is 15.1. The molecule has 7 heteroatoms. The largest absolute Gasteiger partial charge is 0.490 e. The SMILES string of the molecule is CC(Cc1nn[nH]n1)Oc1cccc(/C=C/c2ccc(OCc3ccc4ccccc4n3)cc2)c1. The summed E-state index contributed by atoms with van der Waals surface area (Å²) in [6, 6.07) is 28.1. The van der Waals surface area contributed by atoms with Gasteiger partial charge in [0, 0.05) is 11.8 Å². The molecule has 2 heterocycles. The molecular weight excluding hydrogens is 438 g/mol. The monoisotopic (exact) mass is 463 g/mol. The summed E-state index contributed by atoms with van der Waals surface area (Å²) in [6.07, 6.45) is 4.65. The Morgan fingerprint density at radius 1 is 0.857 bits per heavy atom. The van der Waals surface area contributed by atoms with Crippen molar-refractivity contribution in [2.75, 3.05) is 0 Å². The Bertz CT molecular complexity index is 1420. The maximum Gasteiger partial charge on any atom is 0.178 e. The Hall–Kier alpha value is -4.52. The number of nitrogens with zero attached hydrogens (tertiary/aromatic N) is 4. The van der Waals surface area contributed by atoms with Crippen LogP contribution in [0.4, 0.5) is 0 Å². The van der Waals surface area contributed by atoms with Gasteiger partial charge in [-0.1, -0.05) is 65.9 Å². The molecule has 0 aliphatic heterocycles. The van der Waals surface area contributed by atoms with E-state index < -0.39 is 0 Å². The number of aromatic nitrogens is 5. The minimum atomic E-state index is -0.0656. The van der Waals surface area contributed by atoms with E-state index in [1.165, 1.54) is 0 Å². The van der Waals surface area contributed by atoms with E-state index in [9.17, 15) is 0 Å². The number of pyridine rings is 1.